The highest BCUT2D eigenvalue weighted by atomic mass is 32.2. The van der Waals surface area contributed by atoms with Gasteiger partial charge in [-0.15, -0.1) is 0 Å². The quantitative estimate of drug-likeness (QED) is 0.213. The van der Waals surface area contributed by atoms with Crippen LogP contribution in [0.1, 0.15) is 59.1 Å². The van der Waals surface area contributed by atoms with Crippen LogP contribution in [0.3, 0.4) is 0 Å². The molecule has 0 fully saturated rings. The number of carbonyl (C=O) groups is 1. The van der Waals surface area contributed by atoms with Gasteiger partial charge in [-0.05, 0) is 85.2 Å². The van der Waals surface area contributed by atoms with Crippen LogP contribution in [0.4, 0.5) is 4.39 Å². The monoisotopic (exact) mass is 582 g/mol. The molecule has 0 spiro atoms. The topological polar surface area (TPSA) is 88.1 Å². The maximum absolute atomic E-state index is 15.3. The number of benzene rings is 3. The average Bonchev–Trinajstić information content (AvgIpc) is 3.51. The van der Waals surface area contributed by atoms with Gasteiger partial charge >= 0.3 is 5.97 Å². The van der Waals surface area contributed by atoms with Crippen molar-refractivity contribution in [3.8, 4) is 28.4 Å². The van der Waals surface area contributed by atoms with Gasteiger partial charge in [0, 0.05) is 29.4 Å². The van der Waals surface area contributed by atoms with Crippen LogP contribution in [-0.4, -0.2) is 46.7 Å². The highest BCUT2D eigenvalue weighted by Gasteiger charge is 2.32. The molecule has 7 nitrogen and oxygen atoms in total. The van der Waals surface area contributed by atoms with Crippen LogP contribution in [0, 0.1) is 19.7 Å². The molecular weight excluding hydrogens is 547 g/mol. The molecule has 1 aliphatic heterocycles. The van der Waals surface area contributed by atoms with E-state index in [-0.39, 0.29) is 29.9 Å². The van der Waals surface area contributed by atoms with Crippen molar-refractivity contribution in [2.45, 2.75) is 51.6 Å². The minimum atomic E-state index is -3.02. The first-order valence-electron chi connectivity index (χ1n) is 13.8. The molecule has 1 aliphatic carbocycles. The standard InChI is InChI=1S/C32H35FO7S/c1-19-14-23(38-12-5-13-41(4,35)36)15-20(2)31(19)25-8-10-27(33)32-26(25)9-11-28(32)40-22-6-7-24-21(16-30(34)37-3)18-39-29(24)17-22/h6-8,10,14-15,17,21,28H,5,9,11-13,16,18H2,1-4H3/t21?,28-/m1/s1. The lowest BCUT2D eigenvalue weighted by Crippen LogP contribution is -2.09. The van der Waals surface area contributed by atoms with Gasteiger partial charge < -0.3 is 18.9 Å². The van der Waals surface area contributed by atoms with E-state index in [1.54, 1.807) is 0 Å². The predicted molar refractivity (Wildman–Crippen MR) is 154 cm³/mol. The lowest BCUT2D eigenvalue weighted by atomic mass is 9.90. The fraction of sp³-hybridized carbons (Fsp3) is 0.406. The number of aryl methyl sites for hydroxylation is 2. The Labute approximate surface area is 240 Å². The Kier molecular flexibility index (Phi) is 8.27. The summed E-state index contributed by atoms with van der Waals surface area (Å²) >= 11 is 0. The van der Waals surface area contributed by atoms with Gasteiger partial charge in [0.15, 0.2) is 0 Å². The zero-order chi connectivity index (χ0) is 29.3. The van der Waals surface area contributed by atoms with Gasteiger partial charge in [-0.1, -0.05) is 12.1 Å². The Morgan fingerprint density at radius 1 is 1.07 bits per heavy atom. The number of methoxy groups -OCH3 is 1. The van der Waals surface area contributed by atoms with Gasteiger partial charge in [-0.25, -0.2) is 12.8 Å². The van der Waals surface area contributed by atoms with E-state index in [9.17, 15) is 13.2 Å². The van der Waals surface area contributed by atoms with E-state index >= 15 is 4.39 Å². The number of rotatable bonds is 10. The Bertz CT molecular complexity index is 1560. The van der Waals surface area contributed by atoms with Crippen LogP contribution in [0.15, 0.2) is 42.5 Å². The molecule has 0 saturated heterocycles. The molecule has 0 N–H and O–H groups in total. The van der Waals surface area contributed by atoms with Crippen molar-refractivity contribution in [1.82, 2.24) is 0 Å². The zero-order valence-electron chi connectivity index (χ0n) is 23.8. The van der Waals surface area contributed by atoms with Crippen LogP contribution >= 0.6 is 0 Å². The SMILES string of the molecule is COC(=O)CC1COc2cc(O[C@@H]3CCc4c(-c5c(C)cc(OCCCS(C)(=O)=O)cc5C)ccc(F)c43)ccc21. The highest BCUT2D eigenvalue weighted by Crippen LogP contribution is 2.45. The van der Waals surface area contributed by atoms with E-state index in [1.165, 1.54) is 19.4 Å². The molecule has 0 amide bonds. The summed E-state index contributed by atoms with van der Waals surface area (Å²) in [4.78, 5) is 11.7. The molecule has 2 atom stereocenters. The van der Waals surface area contributed by atoms with E-state index in [0.29, 0.717) is 55.3 Å². The van der Waals surface area contributed by atoms with Crippen LogP contribution in [0.5, 0.6) is 17.2 Å². The number of fused-ring (bicyclic) bond motifs is 2. The van der Waals surface area contributed by atoms with Crippen LogP contribution in [0.2, 0.25) is 0 Å². The summed E-state index contributed by atoms with van der Waals surface area (Å²) in [6.45, 7) is 4.72. The summed E-state index contributed by atoms with van der Waals surface area (Å²) in [6.07, 6.45) is 2.79. The van der Waals surface area contributed by atoms with E-state index in [4.69, 9.17) is 18.9 Å². The number of sulfone groups is 1. The third-order valence-corrected chi connectivity index (χ3v) is 8.80. The Morgan fingerprint density at radius 3 is 2.54 bits per heavy atom. The van der Waals surface area contributed by atoms with Crippen molar-refractivity contribution < 1.29 is 36.6 Å². The smallest absolute Gasteiger partial charge is 0.306 e. The van der Waals surface area contributed by atoms with Crippen LogP contribution < -0.4 is 14.2 Å². The second-order valence-corrected chi connectivity index (χ2v) is 13.1. The number of halogens is 1. The van der Waals surface area contributed by atoms with Gasteiger partial charge in [0.05, 0.1) is 32.5 Å². The number of carbonyl (C=O) groups excluding carboxylic acids is 1. The summed E-state index contributed by atoms with van der Waals surface area (Å²) in [5.41, 5.74) is 6.47. The third kappa shape index (κ3) is 6.35. The zero-order valence-corrected chi connectivity index (χ0v) is 24.6. The Morgan fingerprint density at radius 2 is 1.83 bits per heavy atom. The summed E-state index contributed by atoms with van der Waals surface area (Å²) in [7, 11) is -1.65. The van der Waals surface area contributed by atoms with Crippen molar-refractivity contribution in [3.63, 3.8) is 0 Å². The Balaban J connectivity index is 1.35. The van der Waals surface area contributed by atoms with Gasteiger partial charge in [0.25, 0.3) is 0 Å². The first-order valence-corrected chi connectivity index (χ1v) is 15.8. The predicted octanol–water partition coefficient (Wildman–Crippen LogP) is 6.03. The molecule has 3 aromatic carbocycles. The normalized spacial score (nSPS) is 17.5. The number of esters is 1. The van der Waals surface area contributed by atoms with Crippen molar-refractivity contribution in [2.24, 2.45) is 0 Å². The molecular formula is C32H35FO7S. The van der Waals surface area contributed by atoms with E-state index < -0.39 is 15.9 Å². The first-order chi connectivity index (χ1) is 19.5. The molecule has 0 bridgehead atoms. The summed E-state index contributed by atoms with van der Waals surface area (Å²) < 4.78 is 60.8. The van der Waals surface area contributed by atoms with Crippen molar-refractivity contribution in [1.29, 1.82) is 0 Å². The molecule has 1 unspecified atom stereocenters. The maximum Gasteiger partial charge on any atom is 0.306 e. The second kappa shape index (κ2) is 11.7. The first kappa shape index (κ1) is 28.9. The van der Waals surface area contributed by atoms with Gasteiger partial charge in [0.2, 0.25) is 0 Å². The molecule has 0 aromatic heterocycles. The van der Waals surface area contributed by atoms with Gasteiger partial charge in [-0.3, -0.25) is 4.79 Å². The lowest BCUT2D eigenvalue weighted by molar-refractivity contribution is -0.141. The average molecular weight is 583 g/mol. The fourth-order valence-electron chi connectivity index (χ4n) is 5.92. The molecule has 41 heavy (non-hydrogen) atoms. The summed E-state index contributed by atoms with van der Waals surface area (Å²) in [5.74, 6) is 1.41. The molecule has 9 heteroatoms. The number of hydrogen-bond acceptors (Lipinski definition) is 7. The van der Waals surface area contributed by atoms with E-state index in [2.05, 4.69) is 0 Å². The van der Waals surface area contributed by atoms with Gasteiger partial charge in [-0.2, -0.15) is 0 Å². The fourth-order valence-corrected chi connectivity index (χ4v) is 6.56. The molecule has 2 aliphatic rings. The second-order valence-electron chi connectivity index (χ2n) is 10.9. The molecule has 0 radical (unpaired) electrons. The molecule has 1 heterocycles. The van der Waals surface area contributed by atoms with Crippen molar-refractivity contribution in [3.05, 3.63) is 76.1 Å². The van der Waals surface area contributed by atoms with Crippen molar-refractivity contribution >= 4 is 15.8 Å². The van der Waals surface area contributed by atoms with Crippen LogP contribution in [0.25, 0.3) is 11.1 Å². The molecule has 218 valence electrons. The minimum Gasteiger partial charge on any atom is -0.494 e. The number of ether oxygens (including phenoxy) is 4. The lowest BCUT2D eigenvalue weighted by Gasteiger charge is -2.19. The van der Waals surface area contributed by atoms with E-state index in [1.807, 2.05) is 50.2 Å². The largest absolute Gasteiger partial charge is 0.494 e. The summed E-state index contributed by atoms with van der Waals surface area (Å²) in [5, 5.41) is 0. The maximum atomic E-state index is 15.3. The Hall–Kier alpha value is -3.59. The van der Waals surface area contributed by atoms with Gasteiger partial charge in [0.1, 0.15) is 39.0 Å². The van der Waals surface area contributed by atoms with E-state index in [0.717, 1.165) is 33.4 Å². The minimum absolute atomic E-state index is 0.0607. The van der Waals surface area contributed by atoms with Crippen molar-refractivity contribution in [2.75, 3.05) is 32.3 Å². The molecule has 0 saturated carbocycles. The molecule has 3 aromatic rings. The molecule has 5 rings (SSSR count). The number of hydrogen-bond donors (Lipinski definition) is 0. The summed E-state index contributed by atoms with van der Waals surface area (Å²) in [6, 6.07) is 12.8. The highest BCUT2D eigenvalue weighted by molar-refractivity contribution is 7.90. The van der Waals surface area contributed by atoms with Crippen LogP contribution in [-0.2, 0) is 25.8 Å². The third-order valence-electron chi connectivity index (χ3n) is 7.77.